The normalized spacial score (nSPS) is 14.7. The largest absolute Gasteiger partial charge is 0.450 e. The number of ether oxygens (including phenoxy) is 2. The molecule has 1 spiro atoms. The minimum absolute atomic E-state index is 0.433. The van der Waals surface area contributed by atoms with Crippen molar-refractivity contribution in [3.05, 3.63) is 130 Å². The molecule has 0 bridgehead atoms. The number of para-hydroxylation sites is 2. The Kier molecular flexibility index (Phi) is 3.42. The summed E-state index contributed by atoms with van der Waals surface area (Å²) in [5.74, 6) is 2.91. The molecule has 0 saturated heterocycles. The zero-order valence-corrected chi connectivity index (χ0v) is 18.8. The molecule has 8 rings (SSSR count). The van der Waals surface area contributed by atoms with E-state index < -0.39 is 5.41 Å². The van der Waals surface area contributed by atoms with Crippen LogP contribution in [0.4, 0.5) is 0 Å². The first kappa shape index (κ1) is 18.4. The summed E-state index contributed by atoms with van der Waals surface area (Å²) in [6.45, 7) is 0. The molecule has 3 aliphatic rings. The Labute approximate surface area is 202 Å². The molecule has 0 fully saturated rings. The van der Waals surface area contributed by atoms with Gasteiger partial charge in [0.05, 0.1) is 5.41 Å². The molecule has 34 heavy (non-hydrogen) atoms. The average molecular weight is 457 g/mol. The van der Waals surface area contributed by atoms with Crippen LogP contribution in [0.1, 0.15) is 22.3 Å². The fourth-order valence-electron chi connectivity index (χ4n) is 6.14. The fourth-order valence-corrected chi connectivity index (χ4v) is 6.31. The zero-order valence-electron chi connectivity index (χ0n) is 18.0. The van der Waals surface area contributed by atoms with Gasteiger partial charge in [-0.3, -0.25) is 0 Å². The molecular weight excluding hydrogens is 440 g/mol. The maximum Gasteiger partial charge on any atom is 0.170 e. The predicted octanol–water partition coefficient (Wildman–Crippen LogP) is 8.58. The first-order chi connectivity index (χ1) is 16.7. The van der Waals surface area contributed by atoms with Crippen LogP contribution in [0, 0.1) is 0 Å². The quantitative estimate of drug-likeness (QED) is 0.227. The van der Waals surface area contributed by atoms with Crippen molar-refractivity contribution in [3.63, 3.8) is 0 Å². The average Bonchev–Trinajstić information content (AvgIpc) is 3.32. The highest BCUT2D eigenvalue weighted by Crippen LogP contribution is 2.64. The van der Waals surface area contributed by atoms with E-state index in [0.29, 0.717) is 0 Å². The summed E-state index contributed by atoms with van der Waals surface area (Å²) in [6, 6.07) is 35.8. The molecule has 0 radical (unpaired) electrons. The molecule has 2 nitrogen and oxygen atoms in total. The second kappa shape index (κ2) is 6.31. The highest BCUT2D eigenvalue weighted by atomic mass is 35.5. The summed E-state index contributed by atoms with van der Waals surface area (Å²) >= 11 is 6.54. The third-order valence-corrected chi connectivity index (χ3v) is 7.64. The molecule has 1 aliphatic heterocycles. The third kappa shape index (κ3) is 2.12. The van der Waals surface area contributed by atoms with Crippen molar-refractivity contribution in [3.8, 4) is 45.3 Å². The highest BCUT2D eigenvalue weighted by molar-refractivity contribution is 6.31. The summed E-state index contributed by atoms with van der Waals surface area (Å²) in [4.78, 5) is 0. The predicted molar refractivity (Wildman–Crippen MR) is 134 cm³/mol. The summed E-state index contributed by atoms with van der Waals surface area (Å²) in [6.07, 6.45) is 0. The summed E-state index contributed by atoms with van der Waals surface area (Å²) < 4.78 is 12.6. The van der Waals surface area contributed by atoms with E-state index >= 15 is 0 Å². The number of benzene rings is 5. The van der Waals surface area contributed by atoms with E-state index in [2.05, 4.69) is 72.8 Å². The van der Waals surface area contributed by atoms with Gasteiger partial charge < -0.3 is 9.47 Å². The molecule has 5 aromatic rings. The van der Waals surface area contributed by atoms with Gasteiger partial charge in [-0.15, -0.1) is 0 Å². The molecule has 1 heterocycles. The Bertz CT molecular complexity index is 1640. The van der Waals surface area contributed by atoms with Gasteiger partial charge in [0.15, 0.2) is 23.0 Å². The minimum atomic E-state index is -0.433. The van der Waals surface area contributed by atoms with Gasteiger partial charge in [0.25, 0.3) is 0 Å². The molecule has 3 heteroatoms. The Balaban J connectivity index is 1.50. The lowest BCUT2D eigenvalue weighted by Crippen LogP contribution is -2.25. The van der Waals surface area contributed by atoms with Crippen molar-refractivity contribution < 1.29 is 9.47 Å². The molecule has 0 aromatic heterocycles. The number of hydrogen-bond donors (Lipinski definition) is 0. The van der Waals surface area contributed by atoms with E-state index in [-0.39, 0.29) is 0 Å². The third-order valence-electron chi connectivity index (χ3n) is 7.40. The fraction of sp³-hybridized carbons (Fsp3) is 0.0323. The van der Waals surface area contributed by atoms with Crippen molar-refractivity contribution in [2.24, 2.45) is 0 Å². The van der Waals surface area contributed by atoms with Crippen LogP contribution in [0.25, 0.3) is 22.3 Å². The standard InChI is InChI=1S/C31H17ClO2/c32-18-13-14-25-21(15-18)22-16-29-30(34-28-12-6-5-11-27(28)33-29)17-26(22)31(25)23-9-3-1-7-19(23)20-8-2-4-10-24(20)31/h1-17H. The van der Waals surface area contributed by atoms with Crippen LogP contribution in [0.5, 0.6) is 23.0 Å². The van der Waals surface area contributed by atoms with Gasteiger partial charge >= 0.3 is 0 Å². The van der Waals surface area contributed by atoms with Crippen LogP contribution in [0.2, 0.25) is 5.02 Å². The van der Waals surface area contributed by atoms with E-state index in [0.717, 1.165) is 39.1 Å². The van der Waals surface area contributed by atoms with E-state index in [4.69, 9.17) is 21.1 Å². The Morgan fingerprint density at radius 3 is 1.65 bits per heavy atom. The Morgan fingerprint density at radius 1 is 0.441 bits per heavy atom. The zero-order chi connectivity index (χ0) is 22.4. The molecule has 0 amide bonds. The molecule has 5 aromatic carbocycles. The lowest BCUT2D eigenvalue weighted by atomic mass is 9.70. The topological polar surface area (TPSA) is 18.5 Å². The summed E-state index contributed by atoms with van der Waals surface area (Å²) in [5, 5.41) is 0.724. The molecule has 0 N–H and O–H groups in total. The lowest BCUT2D eigenvalue weighted by Gasteiger charge is -2.31. The number of halogens is 1. The first-order valence-electron chi connectivity index (χ1n) is 11.4. The van der Waals surface area contributed by atoms with Gasteiger partial charge in [-0.2, -0.15) is 0 Å². The highest BCUT2D eigenvalue weighted by Gasteiger charge is 2.52. The Morgan fingerprint density at radius 2 is 0.971 bits per heavy atom. The van der Waals surface area contributed by atoms with E-state index in [1.807, 2.05) is 30.3 Å². The first-order valence-corrected chi connectivity index (χ1v) is 11.8. The number of hydrogen-bond acceptors (Lipinski definition) is 2. The van der Waals surface area contributed by atoms with Gasteiger partial charge in [-0.05, 0) is 80.9 Å². The number of rotatable bonds is 0. The lowest BCUT2D eigenvalue weighted by molar-refractivity contribution is 0.359. The van der Waals surface area contributed by atoms with E-state index in [1.165, 1.54) is 33.4 Å². The second-order valence-electron chi connectivity index (χ2n) is 9.03. The molecule has 2 aliphatic carbocycles. The van der Waals surface area contributed by atoms with Gasteiger partial charge in [0, 0.05) is 5.02 Å². The van der Waals surface area contributed by atoms with Crippen LogP contribution >= 0.6 is 11.6 Å². The van der Waals surface area contributed by atoms with Crippen LogP contribution in [-0.2, 0) is 5.41 Å². The van der Waals surface area contributed by atoms with Gasteiger partial charge in [0.1, 0.15) is 0 Å². The SMILES string of the molecule is Clc1ccc2c(c1)-c1cc3c(cc1C21c2ccccc2-c2ccccc21)Oc1ccccc1O3. The van der Waals surface area contributed by atoms with Gasteiger partial charge in [-0.1, -0.05) is 78.3 Å². The summed E-state index contributed by atoms with van der Waals surface area (Å²) in [5.41, 5.74) is 9.39. The van der Waals surface area contributed by atoms with Crippen LogP contribution in [0.3, 0.4) is 0 Å². The van der Waals surface area contributed by atoms with Crippen molar-refractivity contribution in [1.82, 2.24) is 0 Å². The van der Waals surface area contributed by atoms with Crippen molar-refractivity contribution in [1.29, 1.82) is 0 Å². The second-order valence-corrected chi connectivity index (χ2v) is 9.46. The number of fused-ring (bicyclic) bond motifs is 12. The minimum Gasteiger partial charge on any atom is -0.450 e. The van der Waals surface area contributed by atoms with Gasteiger partial charge in [0.2, 0.25) is 0 Å². The molecular formula is C31H17ClO2. The van der Waals surface area contributed by atoms with Crippen LogP contribution in [-0.4, -0.2) is 0 Å². The van der Waals surface area contributed by atoms with E-state index in [1.54, 1.807) is 0 Å². The maximum atomic E-state index is 6.54. The van der Waals surface area contributed by atoms with Crippen LogP contribution in [0.15, 0.2) is 103 Å². The maximum absolute atomic E-state index is 6.54. The van der Waals surface area contributed by atoms with Crippen molar-refractivity contribution in [2.75, 3.05) is 0 Å². The van der Waals surface area contributed by atoms with Gasteiger partial charge in [-0.25, -0.2) is 0 Å². The van der Waals surface area contributed by atoms with Crippen molar-refractivity contribution >= 4 is 11.6 Å². The Hall–Kier alpha value is -4.01. The molecule has 160 valence electrons. The molecule has 0 atom stereocenters. The molecule has 0 saturated carbocycles. The monoisotopic (exact) mass is 456 g/mol. The smallest absolute Gasteiger partial charge is 0.170 e. The van der Waals surface area contributed by atoms with Crippen LogP contribution < -0.4 is 9.47 Å². The molecule has 0 unspecified atom stereocenters. The van der Waals surface area contributed by atoms with E-state index in [9.17, 15) is 0 Å². The van der Waals surface area contributed by atoms with Crippen molar-refractivity contribution in [2.45, 2.75) is 5.41 Å². The summed E-state index contributed by atoms with van der Waals surface area (Å²) in [7, 11) is 0.